The summed E-state index contributed by atoms with van der Waals surface area (Å²) in [6, 6.07) is 10.1. The molecule has 1 aromatic carbocycles. The van der Waals surface area contributed by atoms with E-state index in [0.717, 1.165) is 17.3 Å². The molecule has 0 saturated carbocycles. The lowest BCUT2D eigenvalue weighted by Crippen LogP contribution is -2.03. The predicted octanol–water partition coefficient (Wildman–Crippen LogP) is 4.03. The van der Waals surface area contributed by atoms with E-state index < -0.39 is 11.9 Å². The summed E-state index contributed by atoms with van der Waals surface area (Å²) < 4.78 is 15.8. The van der Waals surface area contributed by atoms with E-state index in [4.69, 9.17) is 13.6 Å². The number of rotatable bonds is 7. The summed E-state index contributed by atoms with van der Waals surface area (Å²) in [7, 11) is 0. The first-order valence-electron chi connectivity index (χ1n) is 8.26. The monoisotopic (exact) mass is 400 g/mol. The Labute approximate surface area is 164 Å². The summed E-state index contributed by atoms with van der Waals surface area (Å²) in [5.41, 5.74) is 1.18. The Morgan fingerprint density at radius 2 is 1.89 bits per heavy atom. The number of carboxylic acids is 1. The van der Waals surface area contributed by atoms with Crippen LogP contribution in [0.2, 0.25) is 0 Å². The molecule has 0 radical (unpaired) electrons. The van der Waals surface area contributed by atoms with Crippen LogP contribution in [0.25, 0.3) is 17.4 Å². The second-order valence-electron chi connectivity index (χ2n) is 5.50. The molecule has 144 valence electrons. The molecule has 0 bridgehead atoms. The van der Waals surface area contributed by atoms with Crippen molar-refractivity contribution >= 4 is 29.8 Å². The van der Waals surface area contributed by atoms with Crippen LogP contribution in [0.4, 0.5) is 0 Å². The number of hydrogen-bond acceptors (Lipinski definition) is 8. The number of benzene rings is 1. The van der Waals surface area contributed by atoms with Gasteiger partial charge in [-0.3, -0.25) is 0 Å². The lowest BCUT2D eigenvalue weighted by Gasteiger charge is -2.02. The fourth-order valence-electron chi connectivity index (χ4n) is 2.25. The molecule has 0 unspecified atom stereocenters. The maximum Gasteiger partial charge on any atom is 0.342 e. The number of furan rings is 1. The number of carboxylic acid groups (broad SMARTS) is 1. The predicted molar refractivity (Wildman–Crippen MR) is 101 cm³/mol. The Hall–Kier alpha value is -3.33. The molecule has 9 heteroatoms. The molecule has 2 heterocycles. The minimum absolute atomic E-state index is 0.0257. The van der Waals surface area contributed by atoms with Gasteiger partial charge in [0, 0.05) is 18.6 Å². The van der Waals surface area contributed by atoms with Gasteiger partial charge in [0.1, 0.15) is 16.4 Å². The van der Waals surface area contributed by atoms with Crippen LogP contribution in [-0.4, -0.2) is 33.8 Å². The summed E-state index contributed by atoms with van der Waals surface area (Å²) in [4.78, 5) is 23.2. The maximum absolute atomic E-state index is 11.7. The maximum atomic E-state index is 11.7. The normalized spacial score (nSPS) is 11.4. The topological polar surface area (TPSA) is 116 Å². The minimum atomic E-state index is -1.14. The Morgan fingerprint density at radius 1 is 1.14 bits per heavy atom. The van der Waals surface area contributed by atoms with Crippen LogP contribution in [-0.2, 0) is 9.53 Å². The van der Waals surface area contributed by atoms with Gasteiger partial charge < -0.3 is 18.7 Å². The third-order valence-corrected chi connectivity index (χ3v) is 4.35. The summed E-state index contributed by atoms with van der Waals surface area (Å²) in [5, 5.41) is 17.0. The standard InChI is InChI=1S/C19H16N2O6S/c1-3-25-18(24)13-6-4-12(5-7-13)15-9-8-14(27-15)10-16(17(22)23)28-19-21-20-11(2)26-19/h4-10H,3H2,1-2H3,(H,22,23)/b16-10+. The Balaban J connectivity index is 1.79. The molecule has 3 aromatic rings. The molecule has 0 spiro atoms. The number of carbonyl (C=O) groups is 2. The van der Waals surface area contributed by atoms with E-state index in [1.165, 1.54) is 6.08 Å². The highest BCUT2D eigenvalue weighted by Crippen LogP contribution is 2.29. The van der Waals surface area contributed by atoms with Crippen molar-refractivity contribution in [2.75, 3.05) is 6.61 Å². The zero-order chi connectivity index (χ0) is 20.1. The number of thioether (sulfide) groups is 1. The van der Waals surface area contributed by atoms with Crippen molar-refractivity contribution in [3.05, 3.63) is 58.5 Å². The number of nitrogens with zero attached hydrogens (tertiary/aromatic N) is 2. The number of aryl methyl sites for hydroxylation is 1. The van der Waals surface area contributed by atoms with Gasteiger partial charge in [-0.25, -0.2) is 9.59 Å². The van der Waals surface area contributed by atoms with Crippen molar-refractivity contribution < 1.29 is 28.3 Å². The van der Waals surface area contributed by atoms with Gasteiger partial charge in [-0.1, -0.05) is 12.1 Å². The highest BCUT2D eigenvalue weighted by Gasteiger charge is 2.16. The summed E-state index contributed by atoms with van der Waals surface area (Å²) >= 11 is 0.837. The zero-order valence-electron chi connectivity index (χ0n) is 15.0. The molecule has 0 aliphatic rings. The van der Waals surface area contributed by atoms with E-state index in [1.807, 2.05) is 0 Å². The summed E-state index contributed by atoms with van der Waals surface area (Å²) in [5.74, 6) is -0.302. The van der Waals surface area contributed by atoms with Gasteiger partial charge in [-0.15, -0.1) is 10.2 Å². The molecule has 28 heavy (non-hydrogen) atoms. The first kappa shape index (κ1) is 19.4. The number of ether oxygens (including phenoxy) is 1. The average Bonchev–Trinajstić information content (AvgIpc) is 3.30. The van der Waals surface area contributed by atoms with Gasteiger partial charge >= 0.3 is 11.9 Å². The molecule has 0 atom stereocenters. The lowest BCUT2D eigenvalue weighted by atomic mass is 10.1. The van der Waals surface area contributed by atoms with Crippen molar-refractivity contribution in [1.29, 1.82) is 0 Å². The number of aliphatic carboxylic acids is 1. The molecule has 2 aromatic heterocycles. The van der Waals surface area contributed by atoms with Crippen molar-refractivity contribution in [2.45, 2.75) is 19.1 Å². The Kier molecular flexibility index (Phi) is 5.95. The van der Waals surface area contributed by atoms with Gasteiger partial charge in [-0.05, 0) is 43.0 Å². The van der Waals surface area contributed by atoms with Crippen LogP contribution >= 0.6 is 11.8 Å². The van der Waals surface area contributed by atoms with E-state index in [1.54, 1.807) is 50.2 Å². The fraction of sp³-hybridized carbons (Fsp3) is 0.158. The number of aromatic nitrogens is 2. The van der Waals surface area contributed by atoms with Crippen LogP contribution in [0, 0.1) is 6.92 Å². The van der Waals surface area contributed by atoms with Crippen LogP contribution in [0.3, 0.4) is 0 Å². The first-order chi connectivity index (χ1) is 13.5. The molecular weight excluding hydrogens is 384 g/mol. The SMILES string of the molecule is CCOC(=O)c1ccc(-c2ccc(/C=C(/Sc3nnc(C)o3)C(=O)O)o2)cc1. The molecule has 0 fully saturated rings. The number of carbonyl (C=O) groups excluding carboxylic acids is 1. The minimum Gasteiger partial charge on any atom is -0.477 e. The van der Waals surface area contributed by atoms with Gasteiger partial charge in [0.05, 0.1) is 12.2 Å². The summed E-state index contributed by atoms with van der Waals surface area (Å²) in [6.07, 6.45) is 1.38. The number of esters is 1. The quantitative estimate of drug-likeness (QED) is 0.356. The van der Waals surface area contributed by atoms with Gasteiger partial charge in [0.2, 0.25) is 5.89 Å². The van der Waals surface area contributed by atoms with Crippen molar-refractivity contribution in [3.63, 3.8) is 0 Å². The average molecular weight is 400 g/mol. The van der Waals surface area contributed by atoms with Crippen LogP contribution in [0.15, 0.2) is 55.4 Å². The van der Waals surface area contributed by atoms with Gasteiger partial charge in [0.25, 0.3) is 5.22 Å². The van der Waals surface area contributed by atoms with Crippen LogP contribution in [0.5, 0.6) is 0 Å². The molecule has 8 nitrogen and oxygen atoms in total. The molecule has 0 saturated heterocycles. The highest BCUT2D eigenvalue weighted by atomic mass is 32.2. The largest absolute Gasteiger partial charge is 0.477 e. The second-order valence-corrected chi connectivity index (χ2v) is 6.50. The molecule has 0 aliphatic carbocycles. The molecular formula is C19H16N2O6S. The Bertz CT molecular complexity index is 1020. The van der Waals surface area contributed by atoms with Gasteiger partial charge in [-0.2, -0.15) is 0 Å². The van der Waals surface area contributed by atoms with Crippen molar-refractivity contribution in [1.82, 2.24) is 10.2 Å². The van der Waals surface area contributed by atoms with E-state index in [-0.39, 0.29) is 10.1 Å². The molecule has 0 aliphatic heterocycles. The molecule has 1 N–H and O–H groups in total. The third-order valence-electron chi connectivity index (χ3n) is 3.50. The second kappa shape index (κ2) is 8.57. The Morgan fingerprint density at radius 3 is 2.50 bits per heavy atom. The molecule has 0 amide bonds. The van der Waals surface area contributed by atoms with E-state index in [2.05, 4.69) is 10.2 Å². The van der Waals surface area contributed by atoms with Crippen molar-refractivity contribution in [2.24, 2.45) is 0 Å². The first-order valence-corrected chi connectivity index (χ1v) is 9.08. The fourth-order valence-corrected chi connectivity index (χ4v) is 2.94. The third kappa shape index (κ3) is 4.68. The molecule has 3 rings (SSSR count). The highest BCUT2D eigenvalue weighted by molar-refractivity contribution is 8.03. The zero-order valence-corrected chi connectivity index (χ0v) is 15.9. The van der Waals surface area contributed by atoms with Gasteiger partial charge in [0.15, 0.2) is 0 Å². The lowest BCUT2D eigenvalue weighted by molar-refractivity contribution is -0.131. The smallest absolute Gasteiger partial charge is 0.342 e. The van der Waals surface area contributed by atoms with Crippen LogP contribution < -0.4 is 0 Å². The van der Waals surface area contributed by atoms with Crippen LogP contribution in [0.1, 0.15) is 28.9 Å². The van der Waals surface area contributed by atoms with Crippen molar-refractivity contribution in [3.8, 4) is 11.3 Å². The van der Waals surface area contributed by atoms with E-state index in [9.17, 15) is 14.7 Å². The number of hydrogen-bond donors (Lipinski definition) is 1. The van der Waals surface area contributed by atoms with E-state index >= 15 is 0 Å². The van der Waals surface area contributed by atoms with E-state index in [0.29, 0.717) is 29.6 Å². The summed E-state index contributed by atoms with van der Waals surface area (Å²) in [6.45, 7) is 3.67.